The minimum atomic E-state index is -1.27. The third-order valence-electron chi connectivity index (χ3n) is 6.38. The Bertz CT molecular complexity index is 1660. The van der Waals surface area contributed by atoms with Crippen molar-refractivity contribution in [1.29, 1.82) is 0 Å². The zero-order chi connectivity index (χ0) is 32.4. The van der Waals surface area contributed by atoms with E-state index in [2.05, 4.69) is 15.9 Å². The Kier molecular flexibility index (Phi) is 11.4. The summed E-state index contributed by atoms with van der Waals surface area (Å²) in [4.78, 5) is 36.3. The molecule has 0 saturated heterocycles. The van der Waals surface area contributed by atoms with Gasteiger partial charge in [-0.05, 0) is 109 Å². The average molecular weight is 694 g/mol. The molecule has 0 unspecified atom stereocenters. The fourth-order valence-electron chi connectivity index (χ4n) is 3.99. The quantitative estimate of drug-likeness (QED) is 0.0459. The second-order valence-corrected chi connectivity index (χ2v) is 11.3. The highest BCUT2D eigenvalue weighted by molar-refractivity contribution is 9.10. The van der Waals surface area contributed by atoms with Crippen molar-refractivity contribution in [2.75, 3.05) is 20.3 Å². The van der Waals surface area contributed by atoms with E-state index in [1.807, 2.05) is 48.5 Å². The molecule has 0 saturated carbocycles. The summed E-state index contributed by atoms with van der Waals surface area (Å²) in [6, 6.07) is 26.4. The zero-order valence-corrected chi connectivity index (χ0v) is 27.1. The van der Waals surface area contributed by atoms with Gasteiger partial charge in [-0.3, -0.25) is 4.79 Å². The number of hydrogen-bond donors (Lipinski definition) is 0. The van der Waals surface area contributed by atoms with E-state index in [0.717, 1.165) is 15.6 Å². The number of rotatable bonds is 13. The van der Waals surface area contributed by atoms with Gasteiger partial charge in [-0.1, -0.05) is 46.3 Å². The van der Waals surface area contributed by atoms with Gasteiger partial charge >= 0.3 is 11.9 Å². The summed E-state index contributed by atoms with van der Waals surface area (Å²) < 4.78 is 28.6. The number of halogens is 2. The molecule has 0 aliphatic carbocycles. The maximum atomic E-state index is 12.9. The molecule has 8 nitrogen and oxygen atoms in total. The molecule has 45 heavy (non-hydrogen) atoms. The minimum Gasteiger partial charge on any atom is -0.493 e. The number of hydrogen-bond acceptors (Lipinski definition) is 8. The third kappa shape index (κ3) is 9.69. The Balaban J connectivity index is 1.24. The number of carbonyl (C=O) groups is 3. The lowest BCUT2D eigenvalue weighted by Gasteiger charge is -2.24. The molecule has 0 atom stereocenters. The first-order chi connectivity index (χ1) is 21.5. The summed E-state index contributed by atoms with van der Waals surface area (Å²) in [6.07, 6.45) is 2.85. The lowest BCUT2D eigenvalue weighted by Crippen LogP contribution is -2.41. The first-order valence-corrected chi connectivity index (χ1v) is 14.9. The molecule has 0 spiro atoms. The van der Waals surface area contributed by atoms with Gasteiger partial charge in [0.25, 0.3) is 5.24 Å². The van der Waals surface area contributed by atoms with Gasteiger partial charge < -0.3 is 23.7 Å². The number of ether oxygens (including phenoxy) is 5. The van der Waals surface area contributed by atoms with Gasteiger partial charge in [-0.2, -0.15) is 0 Å². The summed E-state index contributed by atoms with van der Waals surface area (Å²) in [7, 11) is 1.45. The Hall–Kier alpha value is -4.60. The van der Waals surface area contributed by atoms with Crippen molar-refractivity contribution >= 4 is 50.8 Å². The van der Waals surface area contributed by atoms with Crippen molar-refractivity contribution in [2.24, 2.45) is 0 Å². The second kappa shape index (κ2) is 15.4. The van der Waals surface area contributed by atoms with Crippen LogP contribution in [0.4, 0.5) is 0 Å². The molecular weight excluding hydrogens is 664 g/mol. The highest BCUT2D eigenvalue weighted by atomic mass is 79.9. The van der Waals surface area contributed by atoms with Gasteiger partial charge in [0.2, 0.25) is 5.60 Å². The molecule has 4 rings (SSSR count). The van der Waals surface area contributed by atoms with E-state index in [4.69, 9.17) is 35.3 Å². The largest absolute Gasteiger partial charge is 0.493 e. The lowest BCUT2D eigenvalue weighted by atomic mass is 10.0. The summed E-state index contributed by atoms with van der Waals surface area (Å²) in [5.41, 5.74) is 1.68. The Labute approximate surface area is 274 Å². The van der Waals surface area contributed by atoms with Crippen LogP contribution < -0.4 is 18.9 Å². The maximum absolute atomic E-state index is 12.9. The molecule has 0 N–H and O–H groups in total. The van der Waals surface area contributed by atoms with Crippen LogP contribution in [0.25, 0.3) is 17.2 Å². The zero-order valence-electron chi connectivity index (χ0n) is 24.8. The van der Waals surface area contributed by atoms with Crippen molar-refractivity contribution in [3.8, 4) is 34.1 Å². The van der Waals surface area contributed by atoms with Gasteiger partial charge in [0.05, 0.1) is 7.11 Å². The number of methoxy groups -OCH3 is 1. The molecule has 0 amide bonds. The van der Waals surface area contributed by atoms with Crippen molar-refractivity contribution < 1.29 is 38.1 Å². The molecule has 0 aliphatic rings. The molecule has 10 heteroatoms. The van der Waals surface area contributed by atoms with Crippen LogP contribution in [0.3, 0.4) is 0 Å². The normalized spacial score (nSPS) is 11.1. The fraction of sp³-hybridized carbons (Fsp3) is 0.171. The van der Waals surface area contributed by atoms with E-state index < -0.39 is 22.8 Å². The van der Waals surface area contributed by atoms with Crippen LogP contribution >= 0.6 is 27.5 Å². The standard InChI is InChI=1S/C35H30BrClO8/c1-35(2,45-29-16-12-27(36)13-17-29)34(40)44-30-18-4-23(22-31(30)41-3)5-19-32(38)43-21-20-42-28-14-10-25(11-15-28)24-6-8-26(9-7-24)33(37)39/h4-19,22H,20-21H2,1-3H3. The minimum absolute atomic E-state index is 0.0508. The summed E-state index contributed by atoms with van der Waals surface area (Å²) in [6.45, 7) is 3.45. The highest BCUT2D eigenvalue weighted by Crippen LogP contribution is 2.31. The predicted molar refractivity (Wildman–Crippen MR) is 175 cm³/mol. The molecule has 0 fully saturated rings. The predicted octanol–water partition coefficient (Wildman–Crippen LogP) is 7.90. The smallest absolute Gasteiger partial charge is 0.355 e. The van der Waals surface area contributed by atoms with E-state index in [-0.39, 0.29) is 19.0 Å². The number of carbonyl (C=O) groups excluding carboxylic acids is 3. The molecule has 0 bridgehead atoms. The summed E-state index contributed by atoms with van der Waals surface area (Å²) in [5, 5.41) is -0.500. The molecule has 4 aromatic rings. The van der Waals surface area contributed by atoms with Crippen LogP contribution in [0.5, 0.6) is 23.0 Å². The van der Waals surface area contributed by atoms with Gasteiger partial charge in [0.1, 0.15) is 24.7 Å². The van der Waals surface area contributed by atoms with Crippen molar-refractivity contribution in [3.05, 3.63) is 113 Å². The average Bonchev–Trinajstić information content (AvgIpc) is 3.04. The van der Waals surface area contributed by atoms with Crippen LogP contribution in [-0.2, 0) is 14.3 Å². The van der Waals surface area contributed by atoms with Crippen LogP contribution in [-0.4, -0.2) is 43.1 Å². The Morgan fingerprint density at radius 3 is 2.04 bits per heavy atom. The lowest BCUT2D eigenvalue weighted by molar-refractivity contribution is -0.149. The third-order valence-corrected chi connectivity index (χ3v) is 7.12. The van der Waals surface area contributed by atoms with E-state index in [1.165, 1.54) is 13.2 Å². The van der Waals surface area contributed by atoms with E-state index >= 15 is 0 Å². The SMILES string of the molecule is COc1cc(C=CC(=O)OCCOc2ccc(-c3ccc(C(=O)Cl)cc3)cc2)ccc1OC(=O)C(C)(C)Oc1ccc(Br)cc1. The monoisotopic (exact) mass is 692 g/mol. The Morgan fingerprint density at radius 1 is 0.800 bits per heavy atom. The molecule has 232 valence electrons. The van der Waals surface area contributed by atoms with Crippen LogP contribution in [0.1, 0.15) is 29.8 Å². The maximum Gasteiger partial charge on any atom is 0.355 e. The van der Waals surface area contributed by atoms with Crippen molar-refractivity contribution in [1.82, 2.24) is 0 Å². The second-order valence-electron chi connectivity index (χ2n) is 10.1. The van der Waals surface area contributed by atoms with Gasteiger partial charge in [0, 0.05) is 16.1 Å². The molecule has 0 radical (unpaired) electrons. The van der Waals surface area contributed by atoms with Crippen molar-refractivity contribution in [3.63, 3.8) is 0 Å². The van der Waals surface area contributed by atoms with Gasteiger partial charge in [-0.25, -0.2) is 9.59 Å². The first kappa shape index (κ1) is 33.3. The van der Waals surface area contributed by atoms with Crippen LogP contribution in [0, 0.1) is 0 Å². The van der Waals surface area contributed by atoms with Crippen LogP contribution in [0.15, 0.2) is 102 Å². The topological polar surface area (TPSA) is 97.4 Å². The molecule has 0 aromatic heterocycles. The number of benzene rings is 4. The number of esters is 2. The van der Waals surface area contributed by atoms with E-state index in [0.29, 0.717) is 28.4 Å². The highest BCUT2D eigenvalue weighted by Gasteiger charge is 2.33. The summed E-state index contributed by atoms with van der Waals surface area (Å²) >= 11 is 8.86. The molecular formula is C35H30BrClO8. The van der Waals surface area contributed by atoms with E-state index in [9.17, 15) is 14.4 Å². The van der Waals surface area contributed by atoms with Gasteiger partial charge in [-0.15, -0.1) is 0 Å². The summed E-state index contributed by atoms with van der Waals surface area (Å²) in [5.74, 6) is 0.500. The fourth-order valence-corrected chi connectivity index (χ4v) is 4.38. The van der Waals surface area contributed by atoms with E-state index in [1.54, 1.807) is 62.4 Å². The van der Waals surface area contributed by atoms with Gasteiger partial charge in [0.15, 0.2) is 11.5 Å². The van der Waals surface area contributed by atoms with Crippen molar-refractivity contribution in [2.45, 2.75) is 19.4 Å². The van der Waals surface area contributed by atoms with Crippen LogP contribution in [0.2, 0.25) is 0 Å². The molecule has 4 aromatic carbocycles. The molecule has 0 heterocycles. The molecule has 0 aliphatic heterocycles. The Morgan fingerprint density at radius 2 is 1.42 bits per heavy atom. The first-order valence-electron chi connectivity index (χ1n) is 13.8.